The average Bonchev–Trinajstić information content (AvgIpc) is 2.65. The second-order valence-electron chi connectivity index (χ2n) is 5.94. The van der Waals surface area contributed by atoms with Gasteiger partial charge in [0, 0.05) is 5.02 Å². The summed E-state index contributed by atoms with van der Waals surface area (Å²) in [6, 6.07) is 9.62. The van der Waals surface area contributed by atoms with Crippen molar-refractivity contribution in [2.75, 3.05) is 13.7 Å². The molecular weight excluding hydrogens is 382 g/mol. The summed E-state index contributed by atoms with van der Waals surface area (Å²) < 4.78 is 45.0. The largest absolute Gasteiger partial charge is 0.493 e. The maximum Gasteiger partial charge on any atom is 0.387 e. The van der Waals surface area contributed by atoms with Gasteiger partial charge in [0.1, 0.15) is 19.0 Å². The van der Waals surface area contributed by atoms with Crippen LogP contribution in [0.3, 0.4) is 0 Å². The Labute approximate surface area is 159 Å². The number of fused-ring (bicyclic) bond motifs is 1. The fourth-order valence-corrected chi connectivity index (χ4v) is 2.98. The molecule has 0 spiro atoms. The van der Waals surface area contributed by atoms with E-state index in [-0.39, 0.29) is 24.7 Å². The van der Waals surface area contributed by atoms with E-state index < -0.39 is 18.5 Å². The zero-order valence-corrected chi connectivity index (χ0v) is 15.2. The molecule has 0 radical (unpaired) electrons. The summed E-state index contributed by atoms with van der Waals surface area (Å²) in [6.07, 6.45) is 0.471. The van der Waals surface area contributed by atoms with E-state index in [0.29, 0.717) is 22.8 Å². The third-order valence-electron chi connectivity index (χ3n) is 4.09. The van der Waals surface area contributed by atoms with Gasteiger partial charge in [-0.25, -0.2) is 0 Å². The van der Waals surface area contributed by atoms with Gasteiger partial charge in [0.15, 0.2) is 11.5 Å². The Bertz CT molecular complexity index is 828. The Morgan fingerprint density at radius 1 is 1.26 bits per heavy atom. The van der Waals surface area contributed by atoms with Gasteiger partial charge in [-0.15, -0.1) is 0 Å². The summed E-state index contributed by atoms with van der Waals surface area (Å²) in [6.45, 7) is -2.76. The van der Waals surface area contributed by atoms with E-state index >= 15 is 0 Å². The number of esters is 1. The highest BCUT2D eigenvalue weighted by Gasteiger charge is 2.27. The first-order valence-electron chi connectivity index (χ1n) is 8.16. The Morgan fingerprint density at radius 3 is 2.81 bits per heavy atom. The summed E-state index contributed by atoms with van der Waals surface area (Å²) >= 11 is 5.98. The fraction of sp³-hybridized carbons (Fsp3) is 0.316. The molecule has 1 aliphatic heterocycles. The molecule has 0 saturated carbocycles. The number of carbonyl (C=O) groups excluding carboxylic acids is 1. The Kier molecular flexibility index (Phi) is 6.01. The lowest BCUT2D eigenvalue weighted by molar-refractivity contribution is -0.151. The minimum absolute atomic E-state index is 0.0247. The lowest BCUT2D eigenvalue weighted by Gasteiger charge is -2.24. The van der Waals surface area contributed by atoms with Gasteiger partial charge in [-0.1, -0.05) is 17.7 Å². The van der Waals surface area contributed by atoms with Gasteiger partial charge in [-0.3, -0.25) is 4.79 Å². The highest BCUT2D eigenvalue weighted by atomic mass is 35.5. The fourth-order valence-electron chi connectivity index (χ4n) is 2.78. The van der Waals surface area contributed by atoms with Crippen molar-refractivity contribution in [1.29, 1.82) is 0 Å². The molecule has 0 bridgehead atoms. The van der Waals surface area contributed by atoms with Crippen LogP contribution in [-0.4, -0.2) is 26.3 Å². The van der Waals surface area contributed by atoms with E-state index in [1.807, 2.05) is 0 Å². The number of rotatable bonds is 6. The van der Waals surface area contributed by atoms with Crippen molar-refractivity contribution in [1.82, 2.24) is 0 Å². The maximum atomic E-state index is 12.4. The third kappa shape index (κ3) is 4.80. The van der Waals surface area contributed by atoms with Crippen LogP contribution in [0.2, 0.25) is 5.02 Å². The van der Waals surface area contributed by atoms with Gasteiger partial charge in [0.25, 0.3) is 0 Å². The molecule has 3 rings (SSSR count). The number of hydrogen-bond acceptors (Lipinski definition) is 5. The molecule has 0 aliphatic carbocycles. The molecule has 5 nitrogen and oxygen atoms in total. The van der Waals surface area contributed by atoms with Crippen LogP contribution in [0.1, 0.15) is 11.1 Å². The van der Waals surface area contributed by atoms with Crippen LogP contribution in [0.15, 0.2) is 36.4 Å². The lowest BCUT2D eigenvalue weighted by Crippen LogP contribution is -2.29. The standard InChI is InChI=1S/C19H17ClF2O5/c1-24-17-6-11(2-4-16(17)27-19(21)22)9-26-18(23)13-7-12-8-14(20)3-5-15(12)25-10-13/h2-6,8,13,19H,7,9-10H2,1H3/t13-/m1/s1. The van der Waals surface area contributed by atoms with Crippen LogP contribution >= 0.6 is 11.6 Å². The number of methoxy groups -OCH3 is 1. The van der Waals surface area contributed by atoms with Crippen molar-refractivity contribution in [3.8, 4) is 17.2 Å². The zero-order chi connectivity index (χ0) is 19.4. The van der Waals surface area contributed by atoms with Crippen molar-refractivity contribution >= 4 is 17.6 Å². The highest BCUT2D eigenvalue weighted by molar-refractivity contribution is 6.30. The van der Waals surface area contributed by atoms with Crippen LogP contribution in [0.5, 0.6) is 17.2 Å². The maximum absolute atomic E-state index is 12.4. The van der Waals surface area contributed by atoms with Gasteiger partial charge in [-0.05, 0) is 47.9 Å². The predicted molar refractivity (Wildman–Crippen MR) is 93.6 cm³/mol. The van der Waals surface area contributed by atoms with Crippen molar-refractivity contribution < 1.29 is 32.5 Å². The van der Waals surface area contributed by atoms with E-state index in [2.05, 4.69) is 4.74 Å². The average molecular weight is 399 g/mol. The molecule has 1 aliphatic rings. The molecule has 1 atom stereocenters. The Hall–Kier alpha value is -2.54. The molecule has 27 heavy (non-hydrogen) atoms. The van der Waals surface area contributed by atoms with Crippen LogP contribution in [-0.2, 0) is 22.6 Å². The first-order valence-corrected chi connectivity index (χ1v) is 8.53. The normalized spacial score (nSPS) is 15.7. The first-order chi connectivity index (χ1) is 13.0. The number of benzene rings is 2. The summed E-state index contributed by atoms with van der Waals surface area (Å²) in [5.41, 5.74) is 1.44. The molecule has 0 amide bonds. The number of halogens is 3. The molecule has 0 unspecified atom stereocenters. The molecule has 0 saturated heterocycles. The topological polar surface area (TPSA) is 54.0 Å². The second kappa shape index (κ2) is 8.43. The minimum atomic E-state index is -2.95. The van der Waals surface area contributed by atoms with E-state index in [0.717, 1.165) is 5.56 Å². The van der Waals surface area contributed by atoms with Crippen molar-refractivity contribution in [3.05, 3.63) is 52.5 Å². The summed E-state index contributed by atoms with van der Waals surface area (Å²) in [5, 5.41) is 0.574. The number of carbonyl (C=O) groups is 1. The van der Waals surface area contributed by atoms with Crippen molar-refractivity contribution in [2.45, 2.75) is 19.6 Å². The van der Waals surface area contributed by atoms with E-state index in [9.17, 15) is 13.6 Å². The van der Waals surface area contributed by atoms with Crippen molar-refractivity contribution in [3.63, 3.8) is 0 Å². The van der Waals surface area contributed by atoms with Gasteiger partial charge in [-0.2, -0.15) is 8.78 Å². The lowest BCUT2D eigenvalue weighted by atomic mass is 9.97. The smallest absolute Gasteiger partial charge is 0.387 e. The van der Waals surface area contributed by atoms with Crippen LogP contribution < -0.4 is 14.2 Å². The van der Waals surface area contributed by atoms with Crippen LogP contribution in [0.25, 0.3) is 0 Å². The molecule has 2 aromatic carbocycles. The molecule has 8 heteroatoms. The monoisotopic (exact) mass is 398 g/mol. The van der Waals surface area contributed by atoms with Gasteiger partial charge in [0.2, 0.25) is 0 Å². The molecule has 2 aromatic rings. The summed E-state index contributed by atoms with van der Waals surface area (Å²) in [7, 11) is 1.34. The second-order valence-corrected chi connectivity index (χ2v) is 6.37. The first kappa shape index (κ1) is 19.2. The van der Waals surface area contributed by atoms with Crippen molar-refractivity contribution in [2.24, 2.45) is 5.92 Å². The van der Waals surface area contributed by atoms with Gasteiger partial charge >= 0.3 is 12.6 Å². The Balaban J connectivity index is 1.61. The zero-order valence-electron chi connectivity index (χ0n) is 14.4. The number of alkyl halides is 2. The predicted octanol–water partition coefficient (Wildman–Crippen LogP) is 4.24. The molecular formula is C19H17ClF2O5. The van der Waals surface area contributed by atoms with Gasteiger partial charge in [0.05, 0.1) is 13.0 Å². The summed E-state index contributed by atoms with van der Waals surface area (Å²) in [4.78, 5) is 12.3. The third-order valence-corrected chi connectivity index (χ3v) is 4.32. The molecule has 144 valence electrons. The van der Waals surface area contributed by atoms with Crippen LogP contribution in [0, 0.1) is 5.92 Å². The summed E-state index contributed by atoms with van der Waals surface area (Å²) in [5.74, 6) is -0.0974. The quantitative estimate of drug-likeness (QED) is 0.681. The van der Waals surface area contributed by atoms with E-state index in [1.54, 1.807) is 18.2 Å². The molecule has 0 aromatic heterocycles. The Morgan fingerprint density at radius 2 is 2.07 bits per heavy atom. The van der Waals surface area contributed by atoms with Gasteiger partial charge < -0.3 is 18.9 Å². The molecule has 1 heterocycles. The molecule has 0 fully saturated rings. The number of ether oxygens (including phenoxy) is 4. The highest BCUT2D eigenvalue weighted by Crippen LogP contribution is 2.31. The van der Waals surface area contributed by atoms with E-state index in [1.165, 1.54) is 25.3 Å². The molecule has 0 N–H and O–H groups in total. The van der Waals surface area contributed by atoms with Crippen LogP contribution in [0.4, 0.5) is 8.78 Å². The SMILES string of the molecule is COc1cc(COC(=O)[C@H]2COc3ccc(Cl)cc3C2)ccc1OC(F)F. The minimum Gasteiger partial charge on any atom is -0.493 e. The van der Waals surface area contributed by atoms with E-state index in [4.69, 9.17) is 25.8 Å². The number of hydrogen-bond donors (Lipinski definition) is 0.